The van der Waals surface area contributed by atoms with Crippen LogP contribution < -0.4 is 0 Å². The fourth-order valence-corrected chi connectivity index (χ4v) is 0.876. The molecular formula is C9H10F4O7S. The molecule has 0 aromatic heterocycles. The van der Waals surface area contributed by atoms with Gasteiger partial charge in [-0.05, 0) is 6.92 Å². The smallest absolute Gasteiger partial charge is 0.402 e. The summed E-state index contributed by atoms with van der Waals surface area (Å²) in [5.74, 6) is -8.30. The maximum Gasteiger partial charge on any atom is 0.402 e. The topological polar surface area (TPSA) is 107 Å². The molecule has 0 heterocycles. The van der Waals surface area contributed by atoms with E-state index in [0.717, 1.165) is 6.92 Å². The second kappa shape index (κ2) is 6.39. The molecule has 21 heavy (non-hydrogen) atoms. The highest BCUT2D eigenvalue weighted by Gasteiger charge is 2.49. The first-order chi connectivity index (χ1) is 9.21. The Balaban J connectivity index is 4.65. The normalized spacial score (nSPS) is 12.7. The molecule has 0 saturated heterocycles. The molecule has 7 nitrogen and oxygen atoms in total. The summed E-state index contributed by atoms with van der Waals surface area (Å²) in [6, 6.07) is 0. The number of hydrogen-bond acceptors (Lipinski definition) is 6. The second-order valence-electron chi connectivity index (χ2n) is 3.75. The van der Waals surface area contributed by atoms with Gasteiger partial charge in [-0.1, -0.05) is 6.58 Å². The molecule has 0 unspecified atom stereocenters. The standard InChI is InChI=1S/C9H10F4O7S/c1-5(2)6(14)19-3-8(10,11)7(15)20-4-9(12,13)21(16,17)18/h1,3-4H2,2H3,(H,16,17,18). The summed E-state index contributed by atoms with van der Waals surface area (Å²) < 4.78 is 87.1. The van der Waals surface area contributed by atoms with E-state index in [1.165, 1.54) is 0 Å². The van der Waals surface area contributed by atoms with Crippen molar-refractivity contribution in [1.82, 2.24) is 0 Å². The van der Waals surface area contributed by atoms with Crippen molar-refractivity contribution >= 4 is 22.1 Å². The van der Waals surface area contributed by atoms with Gasteiger partial charge in [0, 0.05) is 5.57 Å². The predicted molar refractivity (Wildman–Crippen MR) is 58.2 cm³/mol. The van der Waals surface area contributed by atoms with Crippen LogP contribution in [0.15, 0.2) is 12.2 Å². The summed E-state index contributed by atoms with van der Waals surface area (Å²) in [5, 5.41) is -4.95. The minimum atomic E-state index is -5.93. The van der Waals surface area contributed by atoms with Crippen molar-refractivity contribution in [1.29, 1.82) is 0 Å². The molecular weight excluding hydrogens is 328 g/mol. The van der Waals surface area contributed by atoms with Crippen LogP contribution in [0.2, 0.25) is 0 Å². The Morgan fingerprint density at radius 3 is 2.00 bits per heavy atom. The average molecular weight is 338 g/mol. The third-order valence-electron chi connectivity index (χ3n) is 1.78. The van der Waals surface area contributed by atoms with Crippen LogP contribution in [-0.4, -0.2) is 49.3 Å². The van der Waals surface area contributed by atoms with Gasteiger partial charge >= 0.3 is 33.2 Å². The van der Waals surface area contributed by atoms with Crippen LogP contribution in [-0.2, 0) is 29.2 Å². The maximum atomic E-state index is 13.1. The van der Waals surface area contributed by atoms with Crippen LogP contribution in [0.4, 0.5) is 17.6 Å². The van der Waals surface area contributed by atoms with Crippen molar-refractivity contribution in [3.63, 3.8) is 0 Å². The highest BCUT2D eigenvalue weighted by atomic mass is 32.2. The first-order valence-corrected chi connectivity index (χ1v) is 6.37. The number of carbonyl (C=O) groups excluding carboxylic acids is 2. The molecule has 0 fully saturated rings. The molecule has 0 amide bonds. The van der Waals surface area contributed by atoms with E-state index in [1.54, 1.807) is 0 Å². The fraction of sp³-hybridized carbons (Fsp3) is 0.556. The number of carbonyl (C=O) groups is 2. The van der Waals surface area contributed by atoms with Gasteiger partial charge < -0.3 is 9.47 Å². The number of rotatable bonds is 7. The third-order valence-corrected chi connectivity index (χ3v) is 2.65. The molecule has 1 N–H and O–H groups in total. The van der Waals surface area contributed by atoms with Gasteiger partial charge in [0.15, 0.2) is 13.2 Å². The number of alkyl halides is 4. The Kier molecular flexibility index (Phi) is 5.87. The summed E-state index contributed by atoms with van der Waals surface area (Å²) in [4.78, 5) is 21.6. The van der Waals surface area contributed by atoms with E-state index >= 15 is 0 Å². The van der Waals surface area contributed by atoms with Gasteiger partial charge in [-0.2, -0.15) is 26.0 Å². The highest BCUT2D eigenvalue weighted by molar-refractivity contribution is 7.86. The molecule has 0 aromatic carbocycles. The largest absolute Gasteiger partial charge is 0.455 e. The first kappa shape index (κ1) is 19.3. The quantitative estimate of drug-likeness (QED) is 0.316. The lowest BCUT2D eigenvalue weighted by Gasteiger charge is -2.17. The van der Waals surface area contributed by atoms with Gasteiger partial charge in [0.1, 0.15) is 0 Å². The number of halogens is 4. The van der Waals surface area contributed by atoms with E-state index in [1.807, 2.05) is 0 Å². The molecule has 0 radical (unpaired) electrons. The SMILES string of the molecule is C=C(C)C(=O)OCC(F)(F)C(=O)OCC(F)(F)S(=O)(=O)O. The average Bonchev–Trinajstić information content (AvgIpc) is 2.31. The van der Waals surface area contributed by atoms with E-state index in [0.29, 0.717) is 0 Å². The van der Waals surface area contributed by atoms with Gasteiger partial charge in [0.2, 0.25) is 0 Å². The molecule has 0 saturated carbocycles. The monoisotopic (exact) mass is 338 g/mol. The lowest BCUT2D eigenvalue weighted by atomic mass is 10.3. The summed E-state index contributed by atoms with van der Waals surface area (Å²) in [6.45, 7) is 0.0621. The van der Waals surface area contributed by atoms with Gasteiger partial charge in [0.25, 0.3) is 0 Å². The van der Waals surface area contributed by atoms with Gasteiger partial charge in [-0.25, -0.2) is 9.59 Å². The second-order valence-corrected chi connectivity index (χ2v) is 5.30. The van der Waals surface area contributed by atoms with Gasteiger partial charge in [0.05, 0.1) is 0 Å². The van der Waals surface area contributed by atoms with Gasteiger partial charge in [-0.3, -0.25) is 4.55 Å². The highest BCUT2D eigenvalue weighted by Crippen LogP contribution is 2.23. The van der Waals surface area contributed by atoms with E-state index in [4.69, 9.17) is 4.55 Å². The minimum Gasteiger partial charge on any atom is -0.455 e. The zero-order chi connectivity index (χ0) is 17.1. The number of esters is 2. The Morgan fingerprint density at radius 1 is 1.14 bits per heavy atom. The molecule has 12 heteroatoms. The molecule has 0 aromatic rings. The fourth-order valence-electron chi connectivity index (χ4n) is 0.668. The van der Waals surface area contributed by atoms with Crippen molar-refractivity contribution in [3.8, 4) is 0 Å². The Labute approximate surface area is 116 Å². The molecule has 0 aliphatic heterocycles. The van der Waals surface area contributed by atoms with Crippen LogP contribution in [0.25, 0.3) is 0 Å². The summed E-state index contributed by atoms with van der Waals surface area (Å²) >= 11 is 0. The van der Waals surface area contributed by atoms with Crippen molar-refractivity contribution in [2.24, 2.45) is 0 Å². The molecule has 0 aliphatic carbocycles. The molecule has 0 rings (SSSR count). The molecule has 0 spiro atoms. The lowest BCUT2D eigenvalue weighted by Crippen LogP contribution is -2.41. The predicted octanol–water partition coefficient (Wildman–Crippen LogP) is 0.765. The van der Waals surface area contributed by atoms with Crippen LogP contribution in [0.3, 0.4) is 0 Å². The third kappa shape index (κ3) is 5.67. The Bertz CT molecular complexity index is 540. The van der Waals surface area contributed by atoms with Crippen LogP contribution in [0, 0.1) is 0 Å². The zero-order valence-corrected chi connectivity index (χ0v) is 11.3. The van der Waals surface area contributed by atoms with Crippen LogP contribution >= 0.6 is 0 Å². The first-order valence-electron chi connectivity index (χ1n) is 4.93. The van der Waals surface area contributed by atoms with E-state index in [2.05, 4.69) is 16.1 Å². The molecule has 0 aliphatic rings. The molecule has 122 valence electrons. The zero-order valence-electron chi connectivity index (χ0n) is 10.4. The lowest BCUT2D eigenvalue weighted by molar-refractivity contribution is -0.186. The summed E-state index contributed by atoms with van der Waals surface area (Å²) in [6.07, 6.45) is 0. The molecule has 0 bridgehead atoms. The molecule has 0 atom stereocenters. The number of hydrogen-bond donors (Lipinski definition) is 1. The van der Waals surface area contributed by atoms with E-state index < -0.39 is 46.4 Å². The van der Waals surface area contributed by atoms with Crippen molar-refractivity contribution in [2.45, 2.75) is 18.1 Å². The van der Waals surface area contributed by atoms with Crippen LogP contribution in [0.5, 0.6) is 0 Å². The summed E-state index contributed by atoms with van der Waals surface area (Å²) in [7, 11) is -5.93. The minimum absolute atomic E-state index is 0.253. The van der Waals surface area contributed by atoms with Gasteiger partial charge in [-0.15, -0.1) is 0 Å². The van der Waals surface area contributed by atoms with Crippen molar-refractivity contribution < 1.29 is 49.6 Å². The van der Waals surface area contributed by atoms with Crippen molar-refractivity contribution in [3.05, 3.63) is 12.2 Å². The Morgan fingerprint density at radius 2 is 1.62 bits per heavy atom. The van der Waals surface area contributed by atoms with Crippen molar-refractivity contribution in [2.75, 3.05) is 13.2 Å². The number of ether oxygens (including phenoxy) is 2. The van der Waals surface area contributed by atoms with E-state index in [9.17, 15) is 35.6 Å². The van der Waals surface area contributed by atoms with E-state index in [-0.39, 0.29) is 5.57 Å². The summed E-state index contributed by atoms with van der Waals surface area (Å²) in [5.41, 5.74) is -0.253. The maximum absolute atomic E-state index is 13.1. The van der Waals surface area contributed by atoms with Crippen LogP contribution in [0.1, 0.15) is 6.92 Å². The Hall–Kier alpha value is -1.69.